The summed E-state index contributed by atoms with van der Waals surface area (Å²) >= 11 is 6.01. The van der Waals surface area contributed by atoms with Crippen LogP contribution >= 0.6 is 11.6 Å². The largest absolute Gasteiger partial charge is 0.389 e. The van der Waals surface area contributed by atoms with Gasteiger partial charge in [-0.2, -0.15) is 0 Å². The van der Waals surface area contributed by atoms with Crippen molar-refractivity contribution in [1.82, 2.24) is 4.98 Å². The average molecular weight is 253 g/mol. The predicted molar refractivity (Wildman–Crippen MR) is 66.8 cm³/mol. The van der Waals surface area contributed by atoms with Crippen LogP contribution in [0.25, 0.3) is 10.9 Å². The maximum absolute atomic E-state index is 9.83. The van der Waals surface area contributed by atoms with Crippen LogP contribution in [0.5, 0.6) is 0 Å². The van der Waals surface area contributed by atoms with Crippen molar-refractivity contribution in [1.29, 1.82) is 0 Å². The molecular weight excluding hydrogens is 240 g/mol. The van der Waals surface area contributed by atoms with Gasteiger partial charge in [-0.05, 0) is 17.7 Å². The number of fused-ring (bicyclic) bond motifs is 1. The van der Waals surface area contributed by atoms with Crippen LogP contribution in [0.2, 0.25) is 5.02 Å². The molecule has 17 heavy (non-hydrogen) atoms. The molecule has 0 fully saturated rings. The Morgan fingerprint density at radius 2 is 2.06 bits per heavy atom. The van der Waals surface area contributed by atoms with E-state index in [1.54, 1.807) is 30.5 Å². The average Bonchev–Trinajstić information content (AvgIpc) is 2.37. The molecule has 2 aromatic rings. The number of rotatable bonds is 3. The number of halogens is 1. The SMILES string of the molecule is NCC(O)C(O)c1ccc2c(Cl)ccnc2c1. The van der Waals surface area contributed by atoms with E-state index in [2.05, 4.69) is 4.98 Å². The van der Waals surface area contributed by atoms with Crippen LogP contribution in [-0.4, -0.2) is 27.8 Å². The van der Waals surface area contributed by atoms with Crippen LogP contribution in [0.1, 0.15) is 11.7 Å². The molecular formula is C12H13ClN2O2. The van der Waals surface area contributed by atoms with Gasteiger partial charge in [-0.3, -0.25) is 4.98 Å². The first-order valence-electron chi connectivity index (χ1n) is 5.24. The Hall–Kier alpha value is -1.20. The number of nitrogens with zero attached hydrogens (tertiary/aromatic N) is 1. The van der Waals surface area contributed by atoms with E-state index in [4.69, 9.17) is 17.3 Å². The monoisotopic (exact) mass is 252 g/mol. The molecule has 4 N–H and O–H groups in total. The summed E-state index contributed by atoms with van der Waals surface area (Å²) < 4.78 is 0. The molecule has 0 spiro atoms. The number of hydrogen-bond acceptors (Lipinski definition) is 4. The summed E-state index contributed by atoms with van der Waals surface area (Å²) in [4.78, 5) is 4.16. The summed E-state index contributed by atoms with van der Waals surface area (Å²) in [6.07, 6.45) is -0.392. The Bertz CT molecular complexity index is 533. The lowest BCUT2D eigenvalue weighted by atomic mass is 10.0. The number of hydrogen-bond donors (Lipinski definition) is 3. The van der Waals surface area contributed by atoms with Crippen molar-refractivity contribution in [2.24, 2.45) is 5.73 Å². The number of pyridine rings is 1. The van der Waals surface area contributed by atoms with Gasteiger partial charge in [0.2, 0.25) is 0 Å². The topological polar surface area (TPSA) is 79.4 Å². The molecule has 0 saturated carbocycles. The summed E-state index contributed by atoms with van der Waals surface area (Å²) in [5.41, 5.74) is 6.55. The van der Waals surface area contributed by atoms with Crippen LogP contribution in [0.4, 0.5) is 0 Å². The Labute approximate surface area is 104 Å². The Balaban J connectivity index is 2.45. The molecule has 0 aliphatic carbocycles. The minimum atomic E-state index is -1.01. The molecule has 2 rings (SSSR count). The molecule has 1 aromatic heterocycles. The highest BCUT2D eigenvalue weighted by atomic mass is 35.5. The minimum Gasteiger partial charge on any atom is -0.389 e. The molecule has 5 heteroatoms. The van der Waals surface area contributed by atoms with Crippen LogP contribution in [0, 0.1) is 0 Å². The number of aliphatic hydroxyl groups excluding tert-OH is 2. The van der Waals surface area contributed by atoms with Gasteiger partial charge in [0.25, 0.3) is 0 Å². The second-order valence-corrected chi connectivity index (χ2v) is 4.22. The fourth-order valence-corrected chi connectivity index (χ4v) is 1.88. The molecule has 90 valence electrons. The lowest BCUT2D eigenvalue weighted by Crippen LogP contribution is -2.27. The van der Waals surface area contributed by atoms with E-state index in [9.17, 15) is 10.2 Å². The fourth-order valence-electron chi connectivity index (χ4n) is 1.67. The Morgan fingerprint density at radius 1 is 1.29 bits per heavy atom. The zero-order chi connectivity index (χ0) is 12.4. The molecule has 4 nitrogen and oxygen atoms in total. The molecule has 2 atom stereocenters. The Kier molecular flexibility index (Phi) is 3.59. The van der Waals surface area contributed by atoms with E-state index in [1.165, 1.54) is 0 Å². The summed E-state index contributed by atoms with van der Waals surface area (Å²) in [7, 11) is 0. The van der Waals surface area contributed by atoms with E-state index in [1.807, 2.05) is 0 Å². The highest BCUT2D eigenvalue weighted by Crippen LogP contribution is 2.25. The van der Waals surface area contributed by atoms with E-state index in [0.29, 0.717) is 16.1 Å². The van der Waals surface area contributed by atoms with Crippen molar-refractivity contribution in [3.8, 4) is 0 Å². The molecule has 2 unspecified atom stereocenters. The van der Waals surface area contributed by atoms with Crippen molar-refractivity contribution in [3.63, 3.8) is 0 Å². The molecule has 1 aromatic carbocycles. The number of nitrogens with two attached hydrogens (primary N) is 1. The third-order valence-electron chi connectivity index (χ3n) is 2.66. The molecule has 0 saturated heterocycles. The highest BCUT2D eigenvalue weighted by molar-refractivity contribution is 6.35. The summed E-state index contributed by atoms with van der Waals surface area (Å²) in [5, 5.41) is 20.7. The number of aliphatic hydroxyl groups is 2. The third kappa shape index (κ3) is 2.40. The van der Waals surface area contributed by atoms with Gasteiger partial charge < -0.3 is 15.9 Å². The Morgan fingerprint density at radius 3 is 2.76 bits per heavy atom. The molecule has 0 bridgehead atoms. The fraction of sp³-hybridized carbons (Fsp3) is 0.250. The maximum Gasteiger partial charge on any atom is 0.106 e. The zero-order valence-electron chi connectivity index (χ0n) is 9.05. The predicted octanol–water partition coefficient (Wildman–Crippen LogP) is 1.24. The van der Waals surface area contributed by atoms with Crippen LogP contribution in [0.3, 0.4) is 0 Å². The quantitative estimate of drug-likeness (QED) is 0.768. The number of benzene rings is 1. The zero-order valence-corrected chi connectivity index (χ0v) is 9.80. The normalized spacial score (nSPS) is 14.8. The van der Waals surface area contributed by atoms with Crippen molar-refractivity contribution >= 4 is 22.5 Å². The second-order valence-electron chi connectivity index (χ2n) is 3.82. The summed E-state index contributed by atoms with van der Waals surface area (Å²) in [5.74, 6) is 0. The molecule has 1 heterocycles. The lowest BCUT2D eigenvalue weighted by molar-refractivity contribution is 0.0244. The van der Waals surface area contributed by atoms with E-state index in [-0.39, 0.29) is 6.54 Å². The first-order chi connectivity index (χ1) is 8.13. The van der Waals surface area contributed by atoms with E-state index < -0.39 is 12.2 Å². The van der Waals surface area contributed by atoms with Crippen LogP contribution in [-0.2, 0) is 0 Å². The van der Waals surface area contributed by atoms with Gasteiger partial charge in [0, 0.05) is 18.1 Å². The second kappa shape index (κ2) is 4.98. The van der Waals surface area contributed by atoms with Crippen molar-refractivity contribution in [2.75, 3.05) is 6.54 Å². The van der Waals surface area contributed by atoms with Gasteiger partial charge in [0.1, 0.15) is 6.10 Å². The first kappa shape index (κ1) is 12.3. The standard InChI is InChI=1S/C12H13ClN2O2/c13-9-3-4-15-10-5-7(1-2-8(9)10)12(17)11(16)6-14/h1-5,11-12,16-17H,6,14H2. The first-order valence-corrected chi connectivity index (χ1v) is 5.61. The molecule has 0 amide bonds. The van der Waals surface area contributed by atoms with Crippen molar-refractivity contribution in [3.05, 3.63) is 41.0 Å². The van der Waals surface area contributed by atoms with Crippen LogP contribution in [0.15, 0.2) is 30.5 Å². The van der Waals surface area contributed by atoms with Crippen molar-refractivity contribution in [2.45, 2.75) is 12.2 Å². The van der Waals surface area contributed by atoms with E-state index >= 15 is 0 Å². The molecule has 0 aliphatic heterocycles. The number of aromatic nitrogens is 1. The van der Waals surface area contributed by atoms with Crippen molar-refractivity contribution < 1.29 is 10.2 Å². The molecule has 0 aliphatic rings. The summed E-state index contributed by atoms with van der Waals surface area (Å²) in [6.45, 7) is 0.00216. The highest BCUT2D eigenvalue weighted by Gasteiger charge is 2.17. The van der Waals surface area contributed by atoms with E-state index in [0.717, 1.165) is 5.39 Å². The summed E-state index contributed by atoms with van der Waals surface area (Å²) in [6, 6.07) is 6.88. The van der Waals surface area contributed by atoms with Gasteiger partial charge in [-0.1, -0.05) is 23.7 Å². The maximum atomic E-state index is 9.83. The molecule has 0 radical (unpaired) electrons. The minimum absolute atomic E-state index is 0.00216. The van der Waals surface area contributed by atoms with Gasteiger partial charge in [0.15, 0.2) is 0 Å². The van der Waals surface area contributed by atoms with Gasteiger partial charge in [-0.25, -0.2) is 0 Å². The lowest BCUT2D eigenvalue weighted by Gasteiger charge is -2.16. The van der Waals surface area contributed by atoms with Gasteiger partial charge >= 0.3 is 0 Å². The smallest absolute Gasteiger partial charge is 0.106 e. The third-order valence-corrected chi connectivity index (χ3v) is 2.99. The van der Waals surface area contributed by atoms with Gasteiger partial charge in [0.05, 0.1) is 16.6 Å². The van der Waals surface area contributed by atoms with Gasteiger partial charge in [-0.15, -0.1) is 0 Å². The van der Waals surface area contributed by atoms with Crippen LogP contribution < -0.4 is 5.73 Å².